The van der Waals surface area contributed by atoms with Gasteiger partial charge < -0.3 is 0 Å². The fourth-order valence-electron chi connectivity index (χ4n) is 4.18. The number of rotatable bonds is 1. The lowest BCUT2D eigenvalue weighted by molar-refractivity contribution is -0.660. The largest absolute Gasteiger partial charge is 0.212 e. The van der Waals surface area contributed by atoms with Crippen LogP contribution in [-0.4, -0.2) is 0 Å². The molecule has 0 aliphatic heterocycles. The molecule has 0 unspecified atom stereocenters. The third-order valence-electron chi connectivity index (χ3n) is 5.36. The lowest BCUT2D eigenvalue weighted by Crippen LogP contribution is -2.31. The van der Waals surface area contributed by atoms with Crippen LogP contribution in [0.25, 0.3) is 22.4 Å². The minimum Gasteiger partial charge on any atom is -0.201 e. The Morgan fingerprint density at radius 3 is 2.50 bits per heavy atom. The van der Waals surface area contributed by atoms with Gasteiger partial charge in [0.15, 0.2) is 6.20 Å². The maximum atomic E-state index is 8.04. The van der Waals surface area contributed by atoms with Crippen molar-refractivity contribution < 1.29 is 8.68 Å². The van der Waals surface area contributed by atoms with Gasteiger partial charge in [-0.3, -0.25) is 0 Å². The van der Waals surface area contributed by atoms with Crippen molar-refractivity contribution in [2.75, 3.05) is 0 Å². The molecule has 1 aliphatic rings. The van der Waals surface area contributed by atoms with E-state index in [-0.39, 0.29) is 5.41 Å². The van der Waals surface area contributed by atoms with Crippen LogP contribution in [0.3, 0.4) is 0 Å². The molecule has 4 rings (SSSR count). The van der Waals surface area contributed by atoms with E-state index in [1.165, 1.54) is 16.7 Å². The molecule has 0 amide bonds. The van der Waals surface area contributed by atoms with E-state index in [0.717, 1.165) is 22.4 Å². The first-order chi connectivity index (χ1) is 12.6. The maximum Gasteiger partial charge on any atom is 0.212 e. The van der Waals surface area contributed by atoms with Crippen molar-refractivity contribution in [1.29, 1.82) is 0 Å². The van der Waals surface area contributed by atoms with Crippen LogP contribution in [0.2, 0.25) is 0 Å². The first-order valence-corrected chi connectivity index (χ1v) is 8.37. The molecule has 0 spiro atoms. The van der Waals surface area contributed by atoms with E-state index < -0.39 is 6.85 Å². The molecule has 0 radical (unpaired) electrons. The summed E-state index contributed by atoms with van der Waals surface area (Å²) in [6.45, 7) is 4.40. The van der Waals surface area contributed by atoms with Crippen LogP contribution in [0.1, 0.15) is 40.2 Å². The number of benzene rings is 2. The number of hydrogen-bond acceptors (Lipinski definition) is 0. The Kier molecular flexibility index (Phi) is 2.53. The molecule has 24 heavy (non-hydrogen) atoms. The second-order valence-corrected chi connectivity index (χ2v) is 7.23. The van der Waals surface area contributed by atoms with Crippen LogP contribution in [0.5, 0.6) is 0 Å². The van der Waals surface area contributed by atoms with E-state index >= 15 is 0 Å². The van der Waals surface area contributed by atoms with Gasteiger partial charge >= 0.3 is 0 Å². The second-order valence-electron chi connectivity index (χ2n) is 7.23. The highest BCUT2D eigenvalue weighted by molar-refractivity contribution is 5.89. The molecular formula is C23H24N+. The van der Waals surface area contributed by atoms with Crippen LogP contribution in [0.4, 0.5) is 0 Å². The van der Waals surface area contributed by atoms with Gasteiger partial charge in [0.1, 0.15) is 7.05 Å². The predicted molar refractivity (Wildman–Crippen MR) is 100 cm³/mol. The van der Waals surface area contributed by atoms with Crippen molar-refractivity contribution in [3.8, 4) is 22.4 Å². The molecule has 0 saturated heterocycles. The second kappa shape index (κ2) is 5.04. The monoisotopic (exact) mass is 317 g/mol. The molecule has 1 aromatic heterocycles. The minimum absolute atomic E-state index is 0.268. The number of fused-ring (bicyclic) bond motifs is 3. The van der Waals surface area contributed by atoms with Gasteiger partial charge in [0.05, 0.1) is 5.56 Å². The SMILES string of the molecule is [2H]C([2H])([2H])c1cccc2c1-c1ccc(C)c(-c3cccc[n+]3C)c1C2(C)C. The summed E-state index contributed by atoms with van der Waals surface area (Å²) in [5.41, 5.74) is 7.97. The average molecular weight is 317 g/mol. The Morgan fingerprint density at radius 2 is 1.75 bits per heavy atom. The van der Waals surface area contributed by atoms with Crippen molar-refractivity contribution in [2.45, 2.75) is 33.0 Å². The molecule has 1 heterocycles. The van der Waals surface area contributed by atoms with Crippen LogP contribution < -0.4 is 4.57 Å². The third kappa shape index (κ3) is 1.91. The Morgan fingerprint density at radius 1 is 0.917 bits per heavy atom. The summed E-state index contributed by atoms with van der Waals surface area (Å²) in [5.74, 6) is 0. The Bertz CT molecular complexity index is 1060. The van der Waals surface area contributed by atoms with Crippen molar-refractivity contribution in [2.24, 2.45) is 7.05 Å². The molecule has 120 valence electrons. The first kappa shape index (κ1) is 12.0. The molecular weight excluding hydrogens is 290 g/mol. The Hall–Kier alpha value is -2.41. The highest BCUT2D eigenvalue weighted by atomic mass is 14.9. The van der Waals surface area contributed by atoms with Crippen molar-refractivity contribution in [1.82, 2.24) is 0 Å². The van der Waals surface area contributed by atoms with Crippen LogP contribution in [0, 0.1) is 13.8 Å². The standard InChI is InChI=1S/C23H24N/c1-15-9-8-10-18-20(15)17-13-12-16(2)21(22(17)23(18,3)4)19-11-6-7-14-24(19)5/h6-14H,1-5H3/q+1/i1D3. The molecule has 0 saturated carbocycles. The summed E-state index contributed by atoms with van der Waals surface area (Å²) in [5, 5.41) is 0. The zero-order valence-electron chi connectivity index (χ0n) is 17.6. The predicted octanol–water partition coefficient (Wildman–Crippen LogP) is 5.10. The lowest BCUT2D eigenvalue weighted by Gasteiger charge is -2.24. The molecule has 0 bridgehead atoms. The van der Waals surface area contributed by atoms with Gasteiger partial charge in [0.2, 0.25) is 5.69 Å². The summed E-state index contributed by atoms with van der Waals surface area (Å²) in [6.07, 6.45) is 2.05. The molecule has 0 N–H and O–H groups in total. The molecule has 0 fully saturated rings. The molecule has 2 aromatic carbocycles. The Labute approximate surface area is 148 Å². The average Bonchev–Trinajstić information content (AvgIpc) is 2.83. The Balaban J connectivity index is 2.13. The molecule has 1 aliphatic carbocycles. The van der Waals surface area contributed by atoms with E-state index in [1.54, 1.807) is 6.07 Å². The number of nitrogens with zero attached hydrogens (tertiary/aromatic N) is 1. The van der Waals surface area contributed by atoms with Crippen molar-refractivity contribution >= 4 is 0 Å². The fourth-order valence-corrected chi connectivity index (χ4v) is 4.18. The minimum atomic E-state index is -2.13. The van der Waals surface area contributed by atoms with Crippen molar-refractivity contribution in [3.05, 3.63) is 77.0 Å². The van der Waals surface area contributed by atoms with Crippen LogP contribution >= 0.6 is 0 Å². The van der Waals surface area contributed by atoms with E-state index in [2.05, 4.69) is 68.9 Å². The van der Waals surface area contributed by atoms with Gasteiger partial charge in [-0.1, -0.05) is 44.2 Å². The summed E-state index contributed by atoms with van der Waals surface area (Å²) in [7, 11) is 2.05. The van der Waals surface area contributed by atoms with Crippen LogP contribution in [-0.2, 0) is 12.5 Å². The van der Waals surface area contributed by atoms with Gasteiger partial charge in [0, 0.05) is 21.7 Å². The van der Waals surface area contributed by atoms with Gasteiger partial charge in [-0.25, -0.2) is 4.57 Å². The van der Waals surface area contributed by atoms with Crippen LogP contribution in [0.15, 0.2) is 54.7 Å². The summed E-state index contributed by atoms with van der Waals surface area (Å²) >= 11 is 0. The van der Waals surface area contributed by atoms with Gasteiger partial charge in [-0.05, 0) is 53.2 Å². The summed E-state index contributed by atoms with van der Waals surface area (Å²) in [4.78, 5) is 0. The van der Waals surface area contributed by atoms with E-state index in [1.807, 2.05) is 12.1 Å². The lowest BCUT2D eigenvalue weighted by atomic mass is 9.78. The van der Waals surface area contributed by atoms with E-state index in [4.69, 9.17) is 4.11 Å². The van der Waals surface area contributed by atoms with Crippen molar-refractivity contribution in [3.63, 3.8) is 0 Å². The third-order valence-corrected chi connectivity index (χ3v) is 5.36. The number of aryl methyl sites for hydroxylation is 3. The summed E-state index contributed by atoms with van der Waals surface area (Å²) < 4.78 is 26.2. The normalized spacial score (nSPS) is 16.8. The van der Waals surface area contributed by atoms with Gasteiger partial charge in [0.25, 0.3) is 0 Å². The fraction of sp³-hybridized carbons (Fsp3) is 0.261. The molecule has 0 atom stereocenters. The zero-order chi connectivity index (χ0) is 19.6. The van der Waals surface area contributed by atoms with Gasteiger partial charge in [-0.15, -0.1) is 0 Å². The maximum absolute atomic E-state index is 8.04. The van der Waals surface area contributed by atoms with Gasteiger partial charge in [-0.2, -0.15) is 0 Å². The number of hydrogen-bond donors (Lipinski definition) is 0. The molecule has 1 heteroatoms. The molecule has 1 nitrogen and oxygen atoms in total. The van der Waals surface area contributed by atoms with E-state index in [0.29, 0.717) is 5.56 Å². The number of aromatic nitrogens is 1. The zero-order valence-corrected chi connectivity index (χ0v) is 14.6. The highest BCUT2D eigenvalue weighted by Crippen LogP contribution is 2.53. The smallest absolute Gasteiger partial charge is 0.201 e. The highest BCUT2D eigenvalue weighted by Gasteiger charge is 2.40. The van der Waals surface area contributed by atoms with E-state index in [9.17, 15) is 0 Å². The quantitative estimate of drug-likeness (QED) is 0.550. The molecule has 3 aromatic rings. The summed E-state index contributed by atoms with van der Waals surface area (Å²) in [6, 6.07) is 16.1. The first-order valence-electron chi connectivity index (χ1n) is 9.87. The topological polar surface area (TPSA) is 3.88 Å². The number of pyridine rings is 1.